The molecular formula is C16H22N4O. The Morgan fingerprint density at radius 3 is 2.76 bits per heavy atom. The lowest BCUT2D eigenvalue weighted by Crippen LogP contribution is -2.30. The van der Waals surface area contributed by atoms with E-state index in [0.717, 1.165) is 6.42 Å². The molecule has 0 radical (unpaired) electrons. The summed E-state index contributed by atoms with van der Waals surface area (Å²) in [4.78, 5) is 0. The SMILES string of the molecule is CNCc1nnc(N[C@@H]2CCCC[C@H]2c2ccccc2)o1. The van der Waals surface area contributed by atoms with Crippen LogP contribution in [0, 0.1) is 0 Å². The van der Waals surface area contributed by atoms with Crippen molar-refractivity contribution in [3.63, 3.8) is 0 Å². The molecule has 1 aromatic heterocycles. The van der Waals surface area contributed by atoms with Crippen molar-refractivity contribution in [1.29, 1.82) is 0 Å². The zero-order valence-electron chi connectivity index (χ0n) is 12.4. The molecule has 0 aliphatic heterocycles. The van der Waals surface area contributed by atoms with Gasteiger partial charge in [0.15, 0.2) is 0 Å². The van der Waals surface area contributed by atoms with E-state index in [1.54, 1.807) is 0 Å². The third-order valence-corrected chi connectivity index (χ3v) is 4.10. The highest BCUT2D eigenvalue weighted by Crippen LogP contribution is 2.34. The second-order valence-electron chi connectivity index (χ2n) is 5.58. The van der Waals surface area contributed by atoms with E-state index in [2.05, 4.69) is 51.2 Å². The normalized spacial score (nSPS) is 22.1. The topological polar surface area (TPSA) is 63.0 Å². The van der Waals surface area contributed by atoms with Crippen LogP contribution in [-0.2, 0) is 6.54 Å². The molecule has 1 heterocycles. The lowest BCUT2D eigenvalue weighted by Gasteiger charge is -2.32. The highest BCUT2D eigenvalue weighted by molar-refractivity contribution is 5.28. The van der Waals surface area contributed by atoms with Gasteiger partial charge in [0.1, 0.15) is 0 Å². The van der Waals surface area contributed by atoms with Crippen LogP contribution in [0.4, 0.5) is 6.01 Å². The van der Waals surface area contributed by atoms with E-state index in [1.165, 1.54) is 24.8 Å². The highest BCUT2D eigenvalue weighted by atomic mass is 16.4. The van der Waals surface area contributed by atoms with E-state index in [4.69, 9.17) is 4.42 Å². The molecule has 0 saturated heterocycles. The number of benzene rings is 1. The molecule has 0 unspecified atom stereocenters. The number of nitrogens with one attached hydrogen (secondary N) is 2. The van der Waals surface area contributed by atoms with Crippen molar-refractivity contribution in [2.45, 2.75) is 44.2 Å². The van der Waals surface area contributed by atoms with Gasteiger partial charge < -0.3 is 15.1 Å². The van der Waals surface area contributed by atoms with Crippen LogP contribution in [0.15, 0.2) is 34.7 Å². The van der Waals surface area contributed by atoms with Crippen LogP contribution < -0.4 is 10.6 Å². The van der Waals surface area contributed by atoms with Gasteiger partial charge in [0, 0.05) is 12.0 Å². The minimum atomic E-state index is 0.365. The first-order valence-corrected chi connectivity index (χ1v) is 7.65. The van der Waals surface area contributed by atoms with Gasteiger partial charge in [-0.25, -0.2) is 0 Å². The van der Waals surface area contributed by atoms with E-state index in [0.29, 0.717) is 30.4 Å². The standard InChI is InChI=1S/C16H22N4O/c1-17-11-15-19-20-16(21-15)18-14-10-6-5-9-13(14)12-7-3-2-4-8-12/h2-4,7-8,13-14,17H,5-6,9-11H2,1H3,(H,18,20)/t13-,14+/m0/s1. The average molecular weight is 286 g/mol. The Morgan fingerprint density at radius 2 is 1.95 bits per heavy atom. The Balaban J connectivity index is 1.72. The van der Waals surface area contributed by atoms with Crippen molar-refractivity contribution in [3.8, 4) is 0 Å². The third kappa shape index (κ3) is 3.42. The smallest absolute Gasteiger partial charge is 0.315 e. The highest BCUT2D eigenvalue weighted by Gasteiger charge is 2.27. The average Bonchev–Trinajstić information content (AvgIpc) is 2.96. The van der Waals surface area contributed by atoms with Crippen molar-refractivity contribution in [2.24, 2.45) is 0 Å². The minimum absolute atomic E-state index is 0.365. The van der Waals surface area contributed by atoms with E-state index in [-0.39, 0.29) is 0 Å². The molecule has 1 aliphatic rings. The number of aromatic nitrogens is 2. The molecule has 1 saturated carbocycles. The summed E-state index contributed by atoms with van der Waals surface area (Å²) in [6.45, 7) is 0.599. The molecule has 0 spiro atoms. The van der Waals surface area contributed by atoms with E-state index < -0.39 is 0 Å². The molecule has 1 fully saturated rings. The maximum absolute atomic E-state index is 5.62. The molecule has 5 nitrogen and oxygen atoms in total. The number of nitrogens with zero attached hydrogens (tertiary/aromatic N) is 2. The van der Waals surface area contributed by atoms with Crippen molar-refractivity contribution in [1.82, 2.24) is 15.5 Å². The van der Waals surface area contributed by atoms with Crippen molar-refractivity contribution < 1.29 is 4.42 Å². The summed E-state index contributed by atoms with van der Waals surface area (Å²) < 4.78 is 5.62. The zero-order valence-corrected chi connectivity index (χ0v) is 12.4. The molecule has 21 heavy (non-hydrogen) atoms. The lowest BCUT2D eigenvalue weighted by atomic mass is 9.80. The second-order valence-corrected chi connectivity index (χ2v) is 5.58. The Bertz CT molecular complexity index is 554. The predicted molar refractivity (Wildman–Crippen MR) is 82.1 cm³/mol. The molecule has 1 aromatic carbocycles. The molecule has 0 bridgehead atoms. The Hall–Kier alpha value is -1.88. The summed E-state index contributed by atoms with van der Waals surface area (Å²) in [5.41, 5.74) is 1.39. The molecule has 2 aromatic rings. The van der Waals surface area contributed by atoms with E-state index in [9.17, 15) is 0 Å². The molecule has 112 valence electrons. The summed E-state index contributed by atoms with van der Waals surface area (Å²) in [5, 5.41) is 14.6. The predicted octanol–water partition coefficient (Wildman–Crippen LogP) is 2.93. The van der Waals surface area contributed by atoms with Crippen LogP contribution in [0.3, 0.4) is 0 Å². The van der Waals surface area contributed by atoms with Crippen LogP contribution in [0.25, 0.3) is 0 Å². The minimum Gasteiger partial charge on any atom is -0.407 e. The van der Waals surface area contributed by atoms with Gasteiger partial charge in [-0.3, -0.25) is 0 Å². The van der Waals surface area contributed by atoms with Crippen LogP contribution in [0.1, 0.15) is 43.1 Å². The summed E-state index contributed by atoms with van der Waals surface area (Å²) in [6.07, 6.45) is 4.88. The molecule has 2 atom stereocenters. The van der Waals surface area contributed by atoms with Gasteiger partial charge in [0.05, 0.1) is 6.54 Å². The first-order valence-electron chi connectivity index (χ1n) is 7.65. The fourth-order valence-corrected chi connectivity index (χ4v) is 3.10. The summed E-state index contributed by atoms with van der Waals surface area (Å²) in [5.74, 6) is 1.13. The van der Waals surface area contributed by atoms with Gasteiger partial charge in [0.25, 0.3) is 0 Å². The summed E-state index contributed by atoms with van der Waals surface area (Å²) in [6, 6.07) is 11.6. The monoisotopic (exact) mass is 286 g/mol. The van der Waals surface area contributed by atoms with Gasteiger partial charge in [-0.1, -0.05) is 48.3 Å². The fraction of sp³-hybridized carbons (Fsp3) is 0.500. The molecule has 1 aliphatic carbocycles. The molecular weight excluding hydrogens is 264 g/mol. The van der Waals surface area contributed by atoms with Gasteiger partial charge >= 0.3 is 6.01 Å². The van der Waals surface area contributed by atoms with Crippen molar-refractivity contribution in [3.05, 3.63) is 41.8 Å². The fourth-order valence-electron chi connectivity index (χ4n) is 3.10. The van der Waals surface area contributed by atoms with Gasteiger partial charge in [-0.2, -0.15) is 0 Å². The number of hydrogen-bond acceptors (Lipinski definition) is 5. The van der Waals surface area contributed by atoms with Crippen LogP contribution in [0.2, 0.25) is 0 Å². The lowest BCUT2D eigenvalue weighted by molar-refractivity contribution is 0.392. The van der Waals surface area contributed by atoms with Gasteiger partial charge in [-0.05, 0) is 25.5 Å². The molecule has 5 heteroatoms. The maximum Gasteiger partial charge on any atom is 0.315 e. The molecule has 2 N–H and O–H groups in total. The van der Waals surface area contributed by atoms with E-state index in [1.807, 2.05) is 7.05 Å². The summed E-state index contributed by atoms with van der Waals surface area (Å²) >= 11 is 0. The Morgan fingerprint density at radius 1 is 1.14 bits per heavy atom. The van der Waals surface area contributed by atoms with Crippen LogP contribution >= 0.6 is 0 Å². The number of rotatable bonds is 5. The van der Waals surface area contributed by atoms with Gasteiger partial charge in [-0.15, -0.1) is 5.10 Å². The van der Waals surface area contributed by atoms with Crippen LogP contribution in [-0.4, -0.2) is 23.3 Å². The first-order chi connectivity index (χ1) is 10.4. The third-order valence-electron chi connectivity index (χ3n) is 4.10. The van der Waals surface area contributed by atoms with Gasteiger partial charge in [0.2, 0.25) is 5.89 Å². The second kappa shape index (κ2) is 6.72. The Labute approximate surface area is 125 Å². The van der Waals surface area contributed by atoms with Crippen molar-refractivity contribution in [2.75, 3.05) is 12.4 Å². The van der Waals surface area contributed by atoms with E-state index >= 15 is 0 Å². The Kier molecular flexibility index (Phi) is 4.50. The zero-order chi connectivity index (χ0) is 14.5. The van der Waals surface area contributed by atoms with Crippen LogP contribution in [0.5, 0.6) is 0 Å². The maximum atomic E-state index is 5.62. The van der Waals surface area contributed by atoms with Crippen molar-refractivity contribution >= 4 is 6.01 Å². The summed E-state index contributed by atoms with van der Waals surface area (Å²) in [7, 11) is 1.86. The first kappa shape index (κ1) is 14.1. The molecule has 0 amide bonds. The largest absolute Gasteiger partial charge is 0.407 e. The number of anilines is 1. The number of hydrogen-bond donors (Lipinski definition) is 2. The quantitative estimate of drug-likeness (QED) is 0.885. The molecule has 3 rings (SSSR count).